The van der Waals surface area contributed by atoms with E-state index < -0.39 is 0 Å². The number of anilines is 1. The molecule has 0 saturated heterocycles. The Bertz CT molecular complexity index is 977. The number of benzene rings is 2. The van der Waals surface area contributed by atoms with Crippen LogP contribution >= 0.6 is 35.5 Å². The number of thiazole rings is 1. The molecule has 1 aromatic heterocycles. The van der Waals surface area contributed by atoms with E-state index in [4.69, 9.17) is 9.72 Å². The fraction of sp³-hybridized carbons (Fsp3) is 0.391. The number of fused-ring (bicyclic) bond motifs is 1. The minimum atomic E-state index is 0. The summed E-state index contributed by atoms with van der Waals surface area (Å²) in [5.74, 6) is 1.71. The lowest BCUT2D eigenvalue weighted by molar-refractivity contribution is -0.118. The van der Waals surface area contributed by atoms with E-state index in [1.807, 2.05) is 35.2 Å². The first-order valence-electron chi connectivity index (χ1n) is 10.1. The molecule has 0 unspecified atom stereocenters. The number of methoxy groups -OCH3 is 1. The zero-order valence-electron chi connectivity index (χ0n) is 18.5. The molecule has 0 fully saturated rings. The second-order valence-corrected chi connectivity index (χ2v) is 9.57. The van der Waals surface area contributed by atoms with Crippen molar-refractivity contribution in [1.29, 1.82) is 0 Å². The molecule has 0 radical (unpaired) electrons. The number of nitrogens with zero attached hydrogens (tertiary/aromatic N) is 3. The van der Waals surface area contributed by atoms with Crippen LogP contribution in [-0.4, -0.2) is 55.8 Å². The van der Waals surface area contributed by atoms with Crippen LogP contribution in [0.25, 0.3) is 10.2 Å². The van der Waals surface area contributed by atoms with Gasteiger partial charge in [0, 0.05) is 23.6 Å². The average molecular weight is 480 g/mol. The number of carbonyl (C=O) groups is 1. The lowest BCUT2D eigenvalue weighted by Gasteiger charge is -2.21. The van der Waals surface area contributed by atoms with Gasteiger partial charge in [0.05, 0.1) is 17.3 Å². The molecule has 168 valence electrons. The number of rotatable bonds is 10. The number of thioether (sulfide) groups is 1. The largest absolute Gasteiger partial charge is 0.497 e. The summed E-state index contributed by atoms with van der Waals surface area (Å²) in [6.07, 6.45) is 1.40. The Balaban J connectivity index is 0.00000341. The number of amides is 1. The van der Waals surface area contributed by atoms with Crippen molar-refractivity contribution in [1.82, 2.24) is 9.88 Å². The molecule has 5 nitrogen and oxygen atoms in total. The van der Waals surface area contributed by atoms with Gasteiger partial charge in [0.15, 0.2) is 5.13 Å². The van der Waals surface area contributed by atoms with Crippen LogP contribution in [0, 0.1) is 6.92 Å². The lowest BCUT2D eigenvalue weighted by Crippen LogP contribution is -2.33. The third kappa shape index (κ3) is 7.10. The molecule has 2 aromatic carbocycles. The van der Waals surface area contributed by atoms with Crippen molar-refractivity contribution in [3.8, 4) is 5.75 Å². The molecule has 0 saturated carbocycles. The molecule has 31 heavy (non-hydrogen) atoms. The van der Waals surface area contributed by atoms with E-state index in [-0.39, 0.29) is 18.3 Å². The van der Waals surface area contributed by atoms with Crippen molar-refractivity contribution in [2.45, 2.75) is 24.7 Å². The molecule has 0 atom stereocenters. The third-order valence-corrected chi connectivity index (χ3v) is 6.83. The Morgan fingerprint density at radius 1 is 1.13 bits per heavy atom. The average Bonchev–Trinajstić information content (AvgIpc) is 3.16. The van der Waals surface area contributed by atoms with E-state index in [2.05, 4.69) is 38.1 Å². The monoisotopic (exact) mass is 479 g/mol. The molecule has 0 aliphatic rings. The van der Waals surface area contributed by atoms with E-state index in [1.54, 1.807) is 30.2 Å². The number of hydrogen-bond acceptors (Lipinski definition) is 6. The molecule has 0 aliphatic heterocycles. The summed E-state index contributed by atoms with van der Waals surface area (Å²) in [5.41, 5.74) is 2.14. The van der Waals surface area contributed by atoms with Crippen LogP contribution in [-0.2, 0) is 4.79 Å². The van der Waals surface area contributed by atoms with Crippen molar-refractivity contribution in [2.24, 2.45) is 0 Å². The number of carbonyl (C=O) groups excluding carboxylic acids is 1. The van der Waals surface area contributed by atoms with Crippen LogP contribution in [0.3, 0.4) is 0 Å². The van der Waals surface area contributed by atoms with Crippen LogP contribution in [0.5, 0.6) is 5.75 Å². The third-order valence-electron chi connectivity index (χ3n) is 4.77. The van der Waals surface area contributed by atoms with Crippen molar-refractivity contribution in [3.63, 3.8) is 0 Å². The topological polar surface area (TPSA) is 45.7 Å². The number of ether oxygens (including phenoxy) is 1. The van der Waals surface area contributed by atoms with E-state index in [0.717, 1.165) is 50.3 Å². The highest BCUT2D eigenvalue weighted by Gasteiger charge is 2.20. The SMILES string of the molecule is COc1ccc(SCCC(=O)N(CCCN(C)C)c2nc3c(C)cccc3s2)cc1.Cl. The van der Waals surface area contributed by atoms with Crippen molar-refractivity contribution in [2.75, 3.05) is 44.9 Å². The van der Waals surface area contributed by atoms with Crippen LogP contribution in [0.2, 0.25) is 0 Å². The van der Waals surface area contributed by atoms with Gasteiger partial charge in [-0.05, 0) is 69.9 Å². The Labute approximate surface area is 199 Å². The summed E-state index contributed by atoms with van der Waals surface area (Å²) in [7, 11) is 5.77. The normalized spacial score (nSPS) is 10.9. The molecule has 0 spiro atoms. The minimum absolute atomic E-state index is 0. The van der Waals surface area contributed by atoms with E-state index >= 15 is 0 Å². The molecule has 0 bridgehead atoms. The van der Waals surface area contributed by atoms with Gasteiger partial charge < -0.3 is 9.64 Å². The van der Waals surface area contributed by atoms with Gasteiger partial charge in [0.25, 0.3) is 0 Å². The first kappa shape index (κ1) is 25.5. The van der Waals surface area contributed by atoms with Gasteiger partial charge in [-0.1, -0.05) is 23.5 Å². The minimum Gasteiger partial charge on any atom is -0.497 e. The highest BCUT2D eigenvalue weighted by molar-refractivity contribution is 7.99. The van der Waals surface area contributed by atoms with Crippen LogP contribution in [0.15, 0.2) is 47.4 Å². The first-order chi connectivity index (χ1) is 14.5. The van der Waals surface area contributed by atoms with Crippen LogP contribution in [0.4, 0.5) is 5.13 Å². The Morgan fingerprint density at radius 3 is 2.52 bits per heavy atom. The first-order valence-corrected chi connectivity index (χ1v) is 11.9. The maximum Gasteiger partial charge on any atom is 0.229 e. The second kappa shape index (κ2) is 12.3. The summed E-state index contributed by atoms with van der Waals surface area (Å²) >= 11 is 3.29. The molecule has 3 aromatic rings. The van der Waals surface area contributed by atoms with Crippen molar-refractivity contribution in [3.05, 3.63) is 48.0 Å². The zero-order chi connectivity index (χ0) is 21.5. The molecule has 8 heteroatoms. The van der Waals surface area contributed by atoms with Gasteiger partial charge in [0.2, 0.25) is 5.91 Å². The summed E-state index contributed by atoms with van der Waals surface area (Å²) in [4.78, 5) is 23.1. The fourth-order valence-electron chi connectivity index (χ4n) is 3.13. The molecule has 1 heterocycles. The Kier molecular flexibility index (Phi) is 10.1. The standard InChI is InChI=1S/C23H29N3O2S2.ClH/c1-17-7-5-8-20-22(17)24-23(30-20)26(15-6-14-25(2)3)21(27)13-16-29-19-11-9-18(28-4)10-12-19;/h5,7-12H,6,13-16H2,1-4H3;1H. The van der Waals surface area contributed by atoms with Gasteiger partial charge in [-0.15, -0.1) is 24.2 Å². The van der Waals surface area contributed by atoms with Gasteiger partial charge in [-0.2, -0.15) is 0 Å². The summed E-state index contributed by atoms with van der Waals surface area (Å²) in [6, 6.07) is 14.1. The number of para-hydroxylation sites is 1. The van der Waals surface area contributed by atoms with Gasteiger partial charge in [-0.25, -0.2) is 4.98 Å². The zero-order valence-corrected chi connectivity index (χ0v) is 20.9. The van der Waals surface area contributed by atoms with Crippen molar-refractivity contribution >= 4 is 56.8 Å². The Hall–Kier alpha value is -1.80. The number of aryl methyl sites for hydroxylation is 1. The van der Waals surface area contributed by atoms with E-state index in [1.165, 1.54) is 0 Å². The predicted molar refractivity (Wildman–Crippen MR) is 135 cm³/mol. The van der Waals surface area contributed by atoms with Gasteiger partial charge in [-0.3, -0.25) is 9.69 Å². The highest BCUT2D eigenvalue weighted by Crippen LogP contribution is 2.31. The number of aromatic nitrogens is 1. The predicted octanol–water partition coefficient (Wildman–Crippen LogP) is 5.50. The quantitative estimate of drug-likeness (QED) is 0.359. The van der Waals surface area contributed by atoms with E-state index in [0.29, 0.717) is 13.0 Å². The smallest absolute Gasteiger partial charge is 0.229 e. The molecule has 0 aliphatic carbocycles. The fourth-order valence-corrected chi connectivity index (χ4v) is 5.05. The van der Waals surface area contributed by atoms with Crippen LogP contribution < -0.4 is 9.64 Å². The van der Waals surface area contributed by atoms with Gasteiger partial charge >= 0.3 is 0 Å². The second-order valence-electron chi connectivity index (χ2n) is 7.39. The highest BCUT2D eigenvalue weighted by atomic mass is 35.5. The summed E-state index contributed by atoms with van der Waals surface area (Å²) < 4.78 is 6.33. The van der Waals surface area contributed by atoms with Crippen molar-refractivity contribution < 1.29 is 9.53 Å². The Morgan fingerprint density at radius 2 is 1.87 bits per heavy atom. The molecule has 0 N–H and O–H groups in total. The summed E-state index contributed by atoms with van der Waals surface area (Å²) in [5, 5.41) is 0.803. The molecular weight excluding hydrogens is 450 g/mol. The number of hydrogen-bond donors (Lipinski definition) is 0. The number of halogens is 1. The molecular formula is C23H30ClN3O2S2. The maximum atomic E-state index is 13.1. The molecule has 3 rings (SSSR count). The van der Waals surface area contributed by atoms with Gasteiger partial charge in [0.1, 0.15) is 5.75 Å². The van der Waals surface area contributed by atoms with E-state index in [9.17, 15) is 4.79 Å². The molecule has 1 amide bonds. The lowest BCUT2D eigenvalue weighted by atomic mass is 10.2. The summed E-state index contributed by atoms with van der Waals surface area (Å²) in [6.45, 7) is 3.69. The van der Waals surface area contributed by atoms with Crippen LogP contribution in [0.1, 0.15) is 18.4 Å². The maximum absolute atomic E-state index is 13.1.